The largest absolute Gasteiger partial charge is 0.389 e. The molecule has 1 amide bonds. The van der Waals surface area contributed by atoms with Crippen LogP contribution in [-0.4, -0.2) is 32.8 Å². The van der Waals surface area contributed by atoms with Crippen molar-refractivity contribution in [3.8, 4) is 10.6 Å². The zero-order chi connectivity index (χ0) is 23.7. The van der Waals surface area contributed by atoms with Crippen molar-refractivity contribution in [2.75, 3.05) is 11.1 Å². The lowest BCUT2D eigenvalue weighted by atomic mass is 10.0. The number of halogens is 2. The van der Waals surface area contributed by atoms with E-state index < -0.39 is 17.5 Å². The third-order valence-electron chi connectivity index (χ3n) is 5.76. The molecule has 11 heteroatoms. The Kier molecular flexibility index (Phi) is 6.73. The number of hydrogen-bond donors (Lipinski definition) is 3. The van der Waals surface area contributed by atoms with Crippen LogP contribution >= 0.6 is 11.3 Å². The minimum absolute atomic E-state index is 0.00784. The van der Waals surface area contributed by atoms with Crippen molar-refractivity contribution in [2.45, 2.75) is 50.9 Å². The van der Waals surface area contributed by atoms with Gasteiger partial charge in [-0.1, -0.05) is 24.3 Å². The quantitative estimate of drug-likeness (QED) is 0.512. The molecule has 3 heterocycles. The van der Waals surface area contributed by atoms with Gasteiger partial charge < -0.3 is 21.5 Å². The van der Waals surface area contributed by atoms with Crippen LogP contribution in [0.25, 0.3) is 10.6 Å². The number of ether oxygens (including phenoxy) is 1. The average molecular weight is 477 g/mol. The standard InChI is InChI=1S/C22H26F2N6O2S/c1-3-12-9-11(25)7-8-16(32-12)19-15(10-27-30(19)2)28-21(31)18-20(26)33-22(29-18)17-13(23)5-4-6-14(17)24/h4-6,10-12,16H,3,7-9,25-26H2,1-2H3,(H,28,31)/t11-,12-,16-/m1/s1. The molecule has 1 aromatic carbocycles. The maximum Gasteiger partial charge on any atom is 0.277 e. The summed E-state index contributed by atoms with van der Waals surface area (Å²) in [5.74, 6) is -2.16. The highest BCUT2D eigenvalue weighted by atomic mass is 32.1. The Morgan fingerprint density at radius 1 is 1.33 bits per heavy atom. The molecular weight excluding hydrogens is 450 g/mol. The molecule has 176 valence electrons. The molecule has 1 aliphatic heterocycles. The monoisotopic (exact) mass is 476 g/mol. The van der Waals surface area contributed by atoms with E-state index in [2.05, 4.69) is 15.4 Å². The van der Waals surface area contributed by atoms with Gasteiger partial charge in [0.25, 0.3) is 5.91 Å². The topological polar surface area (TPSA) is 121 Å². The van der Waals surface area contributed by atoms with E-state index in [0.717, 1.165) is 42.7 Å². The summed E-state index contributed by atoms with van der Waals surface area (Å²) in [6, 6.07) is 3.56. The summed E-state index contributed by atoms with van der Waals surface area (Å²) >= 11 is 0.845. The van der Waals surface area contributed by atoms with Gasteiger partial charge in [-0.15, -0.1) is 0 Å². The lowest BCUT2D eigenvalue weighted by molar-refractivity contribution is -0.0154. The number of nitrogens with zero attached hydrogens (tertiary/aromatic N) is 3. The summed E-state index contributed by atoms with van der Waals surface area (Å²) in [5, 5.41) is 7.11. The van der Waals surface area contributed by atoms with E-state index in [-0.39, 0.29) is 39.5 Å². The zero-order valence-electron chi connectivity index (χ0n) is 18.3. The summed E-state index contributed by atoms with van der Waals surface area (Å²) in [6.07, 6.45) is 4.33. The number of benzene rings is 1. The second kappa shape index (κ2) is 9.54. The summed E-state index contributed by atoms with van der Waals surface area (Å²) in [6.45, 7) is 2.05. The molecule has 3 aromatic rings. The van der Waals surface area contributed by atoms with Crippen LogP contribution in [0.3, 0.4) is 0 Å². The van der Waals surface area contributed by atoms with Crippen LogP contribution in [0.1, 0.15) is 54.9 Å². The molecule has 0 radical (unpaired) electrons. The predicted octanol–water partition coefficient (Wildman–Crippen LogP) is 4.00. The second-order valence-corrected chi connectivity index (χ2v) is 9.11. The normalized spacial score (nSPS) is 21.1. The number of carbonyl (C=O) groups excluding carboxylic acids is 1. The molecule has 1 saturated heterocycles. The number of aryl methyl sites for hydroxylation is 1. The van der Waals surface area contributed by atoms with E-state index >= 15 is 0 Å². The zero-order valence-corrected chi connectivity index (χ0v) is 19.2. The second-order valence-electron chi connectivity index (χ2n) is 8.08. The van der Waals surface area contributed by atoms with Crippen molar-refractivity contribution in [1.29, 1.82) is 0 Å². The lowest BCUT2D eigenvalue weighted by Crippen LogP contribution is -2.24. The van der Waals surface area contributed by atoms with Crippen molar-refractivity contribution in [3.05, 3.63) is 47.4 Å². The van der Waals surface area contributed by atoms with Crippen LogP contribution in [0.5, 0.6) is 0 Å². The Morgan fingerprint density at radius 2 is 2.06 bits per heavy atom. The Bertz CT molecular complexity index is 1140. The highest BCUT2D eigenvalue weighted by Gasteiger charge is 2.30. The Hall–Kier alpha value is -2.89. The van der Waals surface area contributed by atoms with Crippen molar-refractivity contribution >= 4 is 27.9 Å². The number of nitrogens with one attached hydrogen (secondary N) is 1. The Morgan fingerprint density at radius 3 is 2.76 bits per heavy atom. The average Bonchev–Trinajstić information content (AvgIpc) is 3.26. The van der Waals surface area contributed by atoms with Crippen molar-refractivity contribution in [3.63, 3.8) is 0 Å². The van der Waals surface area contributed by atoms with Crippen LogP contribution < -0.4 is 16.8 Å². The third-order valence-corrected chi connectivity index (χ3v) is 6.66. The van der Waals surface area contributed by atoms with Gasteiger partial charge in [0.2, 0.25) is 0 Å². The first-order valence-corrected chi connectivity index (χ1v) is 11.5. The number of thiazole rings is 1. The molecule has 0 saturated carbocycles. The molecule has 0 bridgehead atoms. The van der Waals surface area contributed by atoms with E-state index in [1.807, 2.05) is 6.92 Å². The molecule has 3 atom stereocenters. The van der Waals surface area contributed by atoms with Gasteiger partial charge in [0.05, 0.1) is 29.2 Å². The summed E-state index contributed by atoms with van der Waals surface area (Å²) < 4.78 is 36.3. The number of anilines is 2. The van der Waals surface area contributed by atoms with Gasteiger partial charge in [0, 0.05) is 13.1 Å². The van der Waals surface area contributed by atoms with E-state index in [1.165, 1.54) is 12.3 Å². The maximum atomic E-state index is 14.2. The molecule has 1 aliphatic rings. The van der Waals surface area contributed by atoms with Crippen molar-refractivity contribution < 1.29 is 18.3 Å². The highest BCUT2D eigenvalue weighted by molar-refractivity contribution is 7.19. The van der Waals surface area contributed by atoms with Gasteiger partial charge in [0.15, 0.2) is 5.69 Å². The smallest absolute Gasteiger partial charge is 0.277 e. The molecule has 0 unspecified atom stereocenters. The van der Waals surface area contributed by atoms with Gasteiger partial charge in [0.1, 0.15) is 27.7 Å². The van der Waals surface area contributed by atoms with E-state index in [0.29, 0.717) is 17.8 Å². The number of rotatable bonds is 5. The number of amides is 1. The summed E-state index contributed by atoms with van der Waals surface area (Å²) in [4.78, 5) is 17.1. The number of hydrogen-bond acceptors (Lipinski definition) is 7. The number of aromatic nitrogens is 3. The third kappa shape index (κ3) is 4.75. The fraction of sp³-hybridized carbons (Fsp3) is 0.409. The van der Waals surface area contributed by atoms with Crippen LogP contribution in [0.2, 0.25) is 0 Å². The first-order chi connectivity index (χ1) is 15.8. The highest BCUT2D eigenvalue weighted by Crippen LogP contribution is 2.36. The van der Waals surface area contributed by atoms with Gasteiger partial charge in [-0.05, 0) is 37.8 Å². The fourth-order valence-electron chi connectivity index (χ4n) is 4.05. The molecule has 2 aromatic heterocycles. The minimum atomic E-state index is -0.778. The van der Waals surface area contributed by atoms with Crippen LogP contribution in [0.15, 0.2) is 24.4 Å². The van der Waals surface area contributed by atoms with E-state index in [9.17, 15) is 13.6 Å². The molecule has 8 nitrogen and oxygen atoms in total. The molecule has 0 spiro atoms. The van der Waals surface area contributed by atoms with Crippen molar-refractivity contribution in [2.24, 2.45) is 12.8 Å². The molecule has 5 N–H and O–H groups in total. The van der Waals surface area contributed by atoms with E-state index in [1.54, 1.807) is 11.7 Å². The van der Waals surface area contributed by atoms with Crippen molar-refractivity contribution in [1.82, 2.24) is 14.8 Å². The molecule has 1 fully saturated rings. The van der Waals surface area contributed by atoms with Crippen LogP contribution in [0.4, 0.5) is 19.5 Å². The number of nitrogen functional groups attached to an aromatic ring is 1. The van der Waals surface area contributed by atoms with Gasteiger partial charge in [-0.25, -0.2) is 13.8 Å². The van der Waals surface area contributed by atoms with Crippen LogP contribution in [-0.2, 0) is 11.8 Å². The Labute approximate surface area is 193 Å². The number of nitrogens with two attached hydrogens (primary N) is 2. The first kappa shape index (κ1) is 23.3. The maximum absolute atomic E-state index is 14.2. The van der Waals surface area contributed by atoms with Gasteiger partial charge >= 0.3 is 0 Å². The molecule has 4 rings (SSSR count). The lowest BCUT2D eigenvalue weighted by Gasteiger charge is -2.22. The SMILES string of the molecule is CC[C@@H]1C[C@H](N)CC[C@H](c2c(NC(=O)c3nc(-c4c(F)cccc4F)sc3N)cnn2C)O1. The van der Waals surface area contributed by atoms with Gasteiger partial charge in [-0.2, -0.15) is 5.10 Å². The fourth-order valence-corrected chi connectivity index (χ4v) is 4.93. The predicted molar refractivity (Wildman–Crippen MR) is 123 cm³/mol. The molecule has 33 heavy (non-hydrogen) atoms. The van der Waals surface area contributed by atoms with Gasteiger partial charge in [-0.3, -0.25) is 9.48 Å². The Balaban J connectivity index is 1.60. The summed E-state index contributed by atoms with van der Waals surface area (Å²) in [5.41, 5.74) is 12.9. The van der Waals surface area contributed by atoms with E-state index in [4.69, 9.17) is 16.2 Å². The molecule has 0 aliphatic carbocycles. The molecular formula is C22H26F2N6O2S. The summed E-state index contributed by atoms with van der Waals surface area (Å²) in [7, 11) is 1.77. The minimum Gasteiger partial charge on any atom is -0.389 e. The van der Waals surface area contributed by atoms with Crippen LogP contribution in [0, 0.1) is 11.6 Å². The number of carbonyl (C=O) groups is 1. The first-order valence-electron chi connectivity index (χ1n) is 10.7.